The molecule has 0 saturated heterocycles. The van der Waals surface area contributed by atoms with Crippen LogP contribution in [0.2, 0.25) is 0 Å². The molecule has 0 amide bonds. The average molecular weight is 227 g/mol. The van der Waals surface area contributed by atoms with E-state index in [-0.39, 0.29) is 0 Å². The Kier molecular flexibility index (Phi) is 5.22. The molecule has 1 aromatic rings. The van der Waals surface area contributed by atoms with Crippen molar-refractivity contribution in [3.05, 3.63) is 15.6 Å². The molecule has 0 radical (unpaired) electrons. The van der Waals surface area contributed by atoms with E-state index in [0.717, 1.165) is 31.7 Å². The maximum Gasteiger partial charge on any atom is 0.0944 e. The SMILES string of the molecule is CCN(CC)CCc1nc(C)c(CN)s1. The summed E-state index contributed by atoms with van der Waals surface area (Å²) in [6.07, 6.45) is 1.05. The van der Waals surface area contributed by atoms with Crippen molar-refractivity contribution >= 4 is 11.3 Å². The van der Waals surface area contributed by atoms with Crippen molar-refractivity contribution in [2.24, 2.45) is 5.73 Å². The Bertz CT molecular complexity index is 292. The van der Waals surface area contributed by atoms with Crippen molar-refractivity contribution in [1.82, 2.24) is 9.88 Å². The van der Waals surface area contributed by atoms with Crippen molar-refractivity contribution in [3.63, 3.8) is 0 Å². The van der Waals surface area contributed by atoms with Gasteiger partial charge in [0.1, 0.15) is 0 Å². The molecule has 0 fully saturated rings. The van der Waals surface area contributed by atoms with Gasteiger partial charge in [0, 0.05) is 24.4 Å². The van der Waals surface area contributed by atoms with Crippen LogP contribution in [0.3, 0.4) is 0 Å². The highest BCUT2D eigenvalue weighted by Gasteiger charge is 2.07. The lowest BCUT2D eigenvalue weighted by Gasteiger charge is -2.16. The molecule has 1 rings (SSSR count). The molecule has 0 aliphatic heterocycles. The first kappa shape index (κ1) is 12.6. The van der Waals surface area contributed by atoms with Crippen LogP contribution in [0.5, 0.6) is 0 Å². The molecule has 0 aliphatic carbocycles. The second-order valence-corrected chi connectivity index (χ2v) is 4.77. The van der Waals surface area contributed by atoms with Gasteiger partial charge in [-0.25, -0.2) is 4.98 Å². The van der Waals surface area contributed by atoms with E-state index >= 15 is 0 Å². The molecule has 15 heavy (non-hydrogen) atoms. The number of hydrogen-bond acceptors (Lipinski definition) is 4. The third-order valence-corrected chi connectivity index (χ3v) is 3.90. The summed E-state index contributed by atoms with van der Waals surface area (Å²) >= 11 is 1.76. The van der Waals surface area contributed by atoms with Crippen LogP contribution in [-0.4, -0.2) is 29.5 Å². The zero-order valence-electron chi connectivity index (χ0n) is 9.92. The Labute approximate surface area is 96.3 Å². The molecule has 0 spiro atoms. The van der Waals surface area contributed by atoms with Crippen LogP contribution in [0.15, 0.2) is 0 Å². The molecule has 0 bridgehead atoms. The fraction of sp³-hybridized carbons (Fsp3) is 0.727. The summed E-state index contributed by atoms with van der Waals surface area (Å²) in [5.41, 5.74) is 6.74. The number of nitrogens with zero attached hydrogens (tertiary/aromatic N) is 2. The third-order valence-electron chi connectivity index (χ3n) is 2.66. The van der Waals surface area contributed by atoms with Gasteiger partial charge in [-0.15, -0.1) is 11.3 Å². The molecule has 0 aromatic carbocycles. The maximum absolute atomic E-state index is 5.63. The van der Waals surface area contributed by atoms with E-state index in [1.165, 1.54) is 9.88 Å². The monoisotopic (exact) mass is 227 g/mol. The Morgan fingerprint density at radius 1 is 1.33 bits per heavy atom. The molecule has 0 saturated carbocycles. The first-order chi connectivity index (χ1) is 7.21. The zero-order valence-corrected chi connectivity index (χ0v) is 10.7. The van der Waals surface area contributed by atoms with E-state index in [1.807, 2.05) is 6.92 Å². The Hall–Kier alpha value is -0.450. The van der Waals surface area contributed by atoms with Gasteiger partial charge in [0.15, 0.2) is 0 Å². The van der Waals surface area contributed by atoms with Gasteiger partial charge < -0.3 is 10.6 Å². The highest BCUT2D eigenvalue weighted by Crippen LogP contribution is 2.17. The van der Waals surface area contributed by atoms with Gasteiger partial charge in [0.05, 0.1) is 10.7 Å². The molecule has 2 N–H and O–H groups in total. The predicted molar refractivity (Wildman–Crippen MR) is 66.2 cm³/mol. The van der Waals surface area contributed by atoms with Gasteiger partial charge in [-0.2, -0.15) is 0 Å². The molecule has 1 heterocycles. The van der Waals surface area contributed by atoms with Crippen molar-refractivity contribution in [2.75, 3.05) is 19.6 Å². The number of aromatic nitrogens is 1. The number of hydrogen-bond donors (Lipinski definition) is 1. The molecule has 3 nitrogen and oxygen atoms in total. The molecular formula is C11H21N3S. The van der Waals surface area contributed by atoms with Crippen molar-refractivity contribution in [3.8, 4) is 0 Å². The Morgan fingerprint density at radius 3 is 2.47 bits per heavy atom. The molecule has 0 unspecified atom stereocenters. The molecule has 4 heteroatoms. The van der Waals surface area contributed by atoms with Crippen LogP contribution >= 0.6 is 11.3 Å². The maximum atomic E-state index is 5.63. The summed E-state index contributed by atoms with van der Waals surface area (Å²) in [4.78, 5) is 8.18. The van der Waals surface area contributed by atoms with E-state index < -0.39 is 0 Å². The van der Waals surface area contributed by atoms with Gasteiger partial charge in [-0.05, 0) is 20.0 Å². The molecule has 1 aromatic heterocycles. The predicted octanol–water partition coefficient (Wildman–Crippen LogP) is 1.79. The van der Waals surface area contributed by atoms with E-state index in [4.69, 9.17) is 5.73 Å². The van der Waals surface area contributed by atoms with Crippen molar-refractivity contribution < 1.29 is 0 Å². The lowest BCUT2D eigenvalue weighted by Crippen LogP contribution is -2.25. The summed E-state index contributed by atoms with van der Waals surface area (Å²) < 4.78 is 0. The molecular weight excluding hydrogens is 206 g/mol. The summed E-state index contributed by atoms with van der Waals surface area (Å²) in [6.45, 7) is 10.4. The van der Waals surface area contributed by atoms with Crippen LogP contribution in [0.1, 0.15) is 29.4 Å². The smallest absolute Gasteiger partial charge is 0.0944 e. The molecule has 0 atom stereocenters. The van der Waals surface area contributed by atoms with E-state index in [1.54, 1.807) is 11.3 Å². The van der Waals surface area contributed by atoms with E-state index in [2.05, 4.69) is 23.7 Å². The highest BCUT2D eigenvalue weighted by molar-refractivity contribution is 7.11. The lowest BCUT2D eigenvalue weighted by molar-refractivity contribution is 0.308. The van der Waals surface area contributed by atoms with E-state index in [0.29, 0.717) is 6.54 Å². The van der Waals surface area contributed by atoms with Gasteiger partial charge >= 0.3 is 0 Å². The Morgan fingerprint density at radius 2 is 2.00 bits per heavy atom. The topological polar surface area (TPSA) is 42.2 Å². The number of rotatable bonds is 6. The number of aryl methyl sites for hydroxylation is 1. The summed E-state index contributed by atoms with van der Waals surface area (Å²) in [7, 11) is 0. The van der Waals surface area contributed by atoms with Crippen molar-refractivity contribution in [1.29, 1.82) is 0 Å². The van der Waals surface area contributed by atoms with Crippen LogP contribution in [-0.2, 0) is 13.0 Å². The fourth-order valence-corrected chi connectivity index (χ4v) is 2.52. The molecule has 86 valence electrons. The summed E-state index contributed by atoms with van der Waals surface area (Å²) in [6, 6.07) is 0. The second kappa shape index (κ2) is 6.20. The minimum Gasteiger partial charge on any atom is -0.326 e. The molecule has 0 aliphatic rings. The number of thiazole rings is 1. The van der Waals surface area contributed by atoms with Crippen LogP contribution in [0.4, 0.5) is 0 Å². The normalized spacial score (nSPS) is 11.3. The summed E-state index contributed by atoms with van der Waals surface area (Å²) in [5.74, 6) is 0. The van der Waals surface area contributed by atoms with Gasteiger partial charge in [-0.3, -0.25) is 0 Å². The minimum absolute atomic E-state index is 0.620. The van der Waals surface area contributed by atoms with Gasteiger partial charge in [0.25, 0.3) is 0 Å². The largest absolute Gasteiger partial charge is 0.326 e. The minimum atomic E-state index is 0.620. The van der Waals surface area contributed by atoms with Crippen molar-refractivity contribution in [2.45, 2.75) is 33.7 Å². The quantitative estimate of drug-likeness (QED) is 0.805. The van der Waals surface area contributed by atoms with Gasteiger partial charge in [-0.1, -0.05) is 13.8 Å². The van der Waals surface area contributed by atoms with Gasteiger partial charge in [0.2, 0.25) is 0 Å². The average Bonchev–Trinajstić information content (AvgIpc) is 2.60. The van der Waals surface area contributed by atoms with E-state index in [9.17, 15) is 0 Å². The van der Waals surface area contributed by atoms with Crippen LogP contribution < -0.4 is 5.73 Å². The standard InChI is InChI=1S/C11H21N3S/c1-4-14(5-2)7-6-11-13-9(3)10(8-12)15-11/h4-8,12H2,1-3H3. The second-order valence-electron chi connectivity index (χ2n) is 3.60. The fourth-order valence-electron chi connectivity index (χ4n) is 1.58. The summed E-state index contributed by atoms with van der Waals surface area (Å²) in [5, 5.41) is 1.22. The lowest BCUT2D eigenvalue weighted by atomic mass is 10.3. The Balaban J connectivity index is 2.50. The first-order valence-corrected chi connectivity index (χ1v) is 6.40. The number of nitrogens with two attached hydrogens (primary N) is 1. The van der Waals surface area contributed by atoms with Crippen LogP contribution in [0.25, 0.3) is 0 Å². The highest BCUT2D eigenvalue weighted by atomic mass is 32.1. The number of likely N-dealkylation sites (N-methyl/N-ethyl adjacent to an activating group) is 1. The third kappa shape index (κ3) is 3.55. The zero-order chi connectivity index (χ0) is 11.3. The first-order valence-electron chi connectivity index (χ1n) is 5.58. The van der Waals surface area contributed by atoms with Crippen LogP contribution in [0, 0.1) is 6.92 Å².